The number of ether oxygens (including phenoxy) is 1. The van der Waals surface area contributed by atoms with E-state index in [1.54, 1.807) is 18.4 Å². The Hall–Kier alpha value is -2.49. The molecule has 0 radical (unpaired) electrons. The van der Waals surface area contributed by atoms with E-state index in [1.165, 1.54) is 11.0 Å². The maximum absolute atomic E-state index is 14.9. The van der Waals surface area contributed by atoms with Crippen LogP contribution >= 0.6 is 11.8 Å². The molecule has 31 heavy (non-hydrogen) atoms. The number of benzene rings is 1. The Morgan fingerprint density at radius 1 is 1.23 bits per heavy atom. The highest BCUT2D eigenvalue weighted by Gasteiger charge is 2.34. The van der Waals surface area contributed by atoms with Crippen molar-refractivity contribution in [2.75, 3.05) is 55.3 Å². The van der Waals surface area contributed by atoms with Gasteiger partial charge in [-0.05, 0) is 24.5 Å². The molecule has 0 aliphatic carbocycles. The summed E-state index contributed by atoms with van der Waals surface area (Å²) in [4.78, 5) is 41.1. The highest BCUT2D eigenvalue weighted by Crippen LogP contribution is 2.29. The second-order valence-electron chi connectivity index (χ2n) is 8.65. The third-order valence-corrected chi connectivity index (χ3v) is 5.84. The first-order valence-corrected chi connectivity index (χ1v) is 11.5. The van der Waals surface area contributed by atoms with Gasteiger partial charge in [-0.3, -0.25) is 14.5 Å². The topological polar surface area (TPSA) is 82.2 Å². The Kier molecular flexibility index (Phi) is 6.98. The van der Waals surface area contributed by atoms with Crippen molar-refractivity contribution in [1.82, 2.24) is 10.2 Å². The molecule has 2 aliphatic rings. The highest BCUT2D eigenvalue weighted by molar-refractivity contribution is 8.12. The Bertz CT molecular complexity index is 852. The van der Waals surface area contributed by atoms with Crippen LogP contribution in [0.2, 0.25) is 0 Å². The molecule has 1 atom stereocenters. The van der Waals surface area contributed by atoms with E-state index in [0.717, 1.165) is 11.8 Å². The summed E-state index contributed by atoms with van der Waals surface area (Å²) in [7, 11) is 0. The summed E-state index contributed by atoms with van der Waals surface area (Å²) in [5.41, 5.74) is 0.421. The van der Waals surface area contributed by atoms with Crippen molar-refractivity contribution in [1.29, 1.82) is 0 Å². The Morgan fingerprint density at radius 2 is 1.90 bits per heavy atom. The second kappa shape index (κ2) is 9.33. The van der Waals surface area contributed by atoms with Crippen LogP contribution in [0.4, 0.5) is 25.4 Å². The van der Waals surface area contributed by atoms with Crippen molar-refractivity contribution in [3.63, 3.8) is 0 Å². The molecule has 3 rings (SSSR count). The number of cyclic esters (lactones) is 1. The third kappa shape index (κ3) is 5.41. The van der Waals surface area contributed by atoms with Gasteiger partial charge < -0.3 is 19.9 Å². The number of rotatable bonds is 4. The number of anilines is 2. The minimum absolute atomic E-state index is 0.0961. The smallest absolute Gasteiger partial charge is 0.414 e. The fourth-order valence-electron chi connectivity index (χ4n) is 3.65. The number of thioether (sulfide) groups is 1. The predicted molar refractivity (Wildman–Crippen MR) is 119 cm³/mol. The largest absolute Gasteiger partial charge is 0.442 e. The molecule has 1 aromatic carbocycles. The summed E-state index contributed by atoms with van der Waals surface area (Å²) in [6, 6.07) is 4.67. The lowest BCUT2D eigenvalue weighted by molar-refractivity contribution is -0.139. The highest BCUT2D eigenvalue weighted by atomic mass is 32.2. The maximum Gasteiger partial charge on any atom is 0.414 e. The normalized spacial score (nSPS) is 19.5. The lowest BCUT2D eigenvalue weighted by atomic mass is 9.94. The molecule has 0 aromatic heterocycles. The quantitative estimate of drug-likeness (QED) is 0.757. The van der Waals surface area contributed by atoms with Crippen LogP contribution in [0.3, 0.4) is 0 Å². The van der Waals surface area contributed by atoms with Crippen LogP contribution in [0.25, 0.3) is 0 Å². The molecule has 0 bridgehead atoms. The average Bonchev–Trinajstić information content (AvgIpc) is 3.11. The first-order chi connectivity index (χ1) is 14.6. The van der Waals surface area contributed by atoms with Gasteiger partial charge in [0, 0.05) is 31.6 Å². The molecule has 2 fully saturated rings. The molecule has 3 amide bonds. The van der Waals surface area contributed by atoms with Gasteiger partial charge >= 0.3 is 6.09 Å². The van der Waals surface area contributed by atoms with Crippen LogP contribution in [-0.4, -0.2) is 73.8 Å². The van der Waals surface area contributed by atoms with E-state index in [0.29, 0.717) is 37.6 Å². The predicted octanol–water partition coefficient (Wildman–Crippen LogP) is 2.92. The SMILES string of the molecule is CSC(=O)NC[C@H]1CN(c2ccc(N3CCN(C(=O)C(C)(C)C)CC3)c(F)c2)C(=O)O1. The van der Waals surface area contributed by atoms with Crippen molar-refractivity contribution in [3.8, 4) is 0 Å². The molecular weight excluding hydrogens is 423 g/mol. The summed E-state index contributed by atoms with van der Waals surface area (Å²) in [6.45, 7) is 8.29. The molecular formula is C21H29FN4O4S. The first-order valence-electron chi connectivity index (χ1n) is 10.2. The Labute approximate surface area is 186 Å². The summed E-state index contributed by atoms with van der Waals surface area (Å²) < 4.78 is 20.2. The summed E-state index contributed by atoms with van der Waals surface area (Å²) >= 11 is 1.05. The Balaban J connectivity index is 1.61. The Morgan fingerprint density at radius 3 is 2.48 bits per heavy atom. The lowest BCUT2D eigenvalue weighted by Crippen LogP contribution is -2.51. The van der Waals surface area contributed by atoms with Crippen molar-refractivity contribution < 1.29 is 23.5 Å². The van der Waals surface area contributed by atoms with Crippen molar-refractivity contribution >= 4 is 40.4 Å². The monoisotopic (exact) mass is 452 g/mol. The van der Waals surface area contributed by atoms with E-state index in [9.17, 15) is 18.8 Å². The molecule has 8 nitrogen and oxygen atoms in total. The summed E-state index contributed by atoms with van der Waals surface area (Å²) in [5.74, 6) is -0.334. The number of halogens is 1. The molecule has 2 saturated heterocycles. The fourth-order valence-corrected chi connectivity index (χ4v) is 3.88. The minimum Gasteiger partial charge on any atom is -0.442 e. The van der Waals surface area contributed by atoms with Gasteiger partial charge in [0.15, 0.2) is 0 Å². The van der Waals surface area contributed by atoms with Crippen molar-refractivity contribution in [2.45, 2.75) is 26.9 Å². The van der Waals surface area contributed by atoms with Gasteiger partial charge in [0.2, 0.25) is 5.91 Å². The van der Waals surface area contributed by atoms with E-state index in [4.69, 9.17) is 4.74 Å². The van der Waals surface area contributed by atoms with Crippen molar-refractivity contribution in [2.24, 2.45) is 5.41 Å². The van der Waals surface area contributed by atoms with Crippen LogP contribution in [0.5, 0.6) is 0 Å². The van der Waals surface area contributed by atoms with Gasteiger partial charge in [-0.2, -0.15) is 0 Å². The molecule has 0 unspecified atom stereocenters. The number of hydrogen-bond acceptors (Lipinski definition) is 6. The van der Waals surface area contributed by atoms with Gasteiger partial charge in [0.05, 0.1) is 24.5 Å². The molecule has 0 saturated carbocycles. The molecule has 170 valence electrons. The van der Waals surface area contributed by atoms with E-state index >= 15 is 0 Å². The standard InChI is InChI=1S/C21H29FN4O4S/c1-21(2,3)18(27)25-9-7-24(8-10-25)17-6-5-14(11-16(17)22)26-13-15(30-20(26)29)12-23-19(28)31-4/h5-6,11,15H,7-10,12-13H2,1-4H3,(H,23,28)/t15-/m0/s1. The van der Waals surface area contributed by atoms with E-state index in [2.05, 4.69) is 5.32 Å². The zero-order valence-electron chi connectivity index (χ0n) is 18.3. The average molecular weight is 453 g/mol. The number of nitrogens with one attached hydrogen (secondary N) is 1. The summed E-state index contributed by atoms with van der Waals surface area (Å²) in [6.07, 6.45) is 0.610. The molecule has 0 spiro atoms. The van der Waals surface area contributed by atoms with Crippen molar-refractivity contribution in [3.05, 3.63) is 24.0 Å². The van der Waals surface area contributed by atoms with Gasteiger partial charge in [0.1, 0.15) is 11.9 Å². The van der Waals surface area contributed by atoms with E-state index in [1.807, 2.05) is 30.6 Å². The van der Waals surface area contributed by atoms with Gasteiger partial charge in [0.25, 0.3) is 5.24 Å². The number of carbonyl (C=O) groups excluding carboxylic acids is 3. The van der Waals surface area contributed by atoms with Gasteiger partial charge in [-0.25, -0.2) is 9.18 Å². The fraction of sp³-hybridized carbons (Fsp3) is 0.571. The zero-order chi connectivity index (χ0) is 22.8. The first kappa shape index (κ1) is 23.2. The van der Waals surface area contributed by atoms with E-state index in [-0.39, 0.29) is 24.2 Å². The maximum atomic E-state index is 14.9. The molecule has 1 aromatic rings. The number of carbonyl (C=O) groups is 3. The second-order valence-corrected chi connectivity index (χ2v) is 9.43. The van der Waals surface area contributed by atoms with Crippen LogP contribution in [-0.2, 0) is 9.53 Å². The molecule has 10 heteroatoms. The summed E-state index contributed by atoms with van der Waals surface area (Å²) in [5, 5.41) is 2.46. The van der Waals surface area contributed by atoms with E-state index < -0.39 is 23.4 Å². The lowest BCUT2D eigenvalue weighted by Gasteiger charge is -2.38. The van der Waals surface area contributed by atoms with Crippen LogP contribution in [0, 0.1) is 11.2 Å². The number of amides is 3. The third-order valence-electron chi connectivity index (χ3n) is 5.33. The number of nitrogens with zero attached hydrogens (tertiary/aromatic N) is 3. The van der Waals surface area contributed by atoms with Crippen LogP contribution in [0.15, 0.2) is 18.2 Å². The molecule has 2 heterocycles. The molecule has 1 N–H and O–H groups in total. The minimum atomic E-state index is -0.565. The molecule has 2 aliphatic heterocycles. The zero-order valence-corrected chi connectivity index (χ0v) is 19.1. The van der Waals surface area contributed by atoms with Gasteiger partial charge in [-0.1, -0.05) is 32.5 Å². The van der Waals surface area contributed by atoms with Crippen LogP contribution < -0.4 is 15.1 Å². The number of piperazine rings is 1. The number of hydrogen-bond donors (Lipinski definition) is 1. The van der Waals surface area contributed by atoms with Gasteiger partial charge in [-0.15, -0.1) is 0 Å². The van der Waals surface area contributed by atoms with Crippen LogP contribution in [0.1, 0.15) is 20.8 Å².